The number of benzene rings is 2. The number of amides is 2. The Morgan fingerprint density at radius 1 is 0.909 bits per heavy atom. The molecule has 0 aliphatic heterocycles. The van der Waals surface area contributed by atoms with Gasteiger partial charge >= 0.3 is 0 Å². The molecule has 0 aliphatic carbocycles. The van der Waals surface area contributed by atoms with Gasteiger partial charge in [0.15, 0.2) is 5.76 Å². The van der Waals surface area contributed by atoms with E-state index in [1.165, 1.54) is 6.26 Å². The molecule has 1 N–H and O–H groups in total. The van der Waals surface area contributed by atoms with Crippen molar-refractivity contribution >= 4 is 17.5 Å². The predicted octanol–water partition coefficient (Wildman–Crippen LogP) is 4.69. The van der Waals surface area contributed by atoms with Crippen LogP contribution in [0.2, 0.25) is 0 Å². The van der Waals surface area contributed by atoms with E-state index in [0.717, 1.165) is 28.1 Å². The molecule has 0 radical (unpaired) electrons. The minimum Gasteiger partial charge on any atom is -0.459 e. The van der Waals surface area contributed by atoms with Crippen LogP contribution >= 0.6 is 0 Å². The number of hydrogen-bond donors (Lipinski definition) is 1. The molecule has 2 aromatic heterocycles. The molecule has 0 fully saturated rings. The van der Waals surface area contributed by atoms with Crippen LogP contribution in [0.5, 0.6) is 0 Å². The largest absolute Gasteiger partial charge is 0.459 e. The maximum Gasteiger partial charge on any atom is 0.294 e. The molecule has 0 atom stereocenters. The molecule has 4 aromatic rings. The zero-order valence-corrected chi connectivity index (χ0v) is 18.4. The van der Waals surface area contributed by atoms with E-state index >= 15 is 0 Å². The summed E-state index contributed by atoms with van der Waals surface area (Å²) in [4.78, 5) is 31.3. The van der Waals surface area contributed by atoms with Crippen LogP contribution in [0, 0.1) is 6.92 Å². The Hall–Kier alpha value is -4.19. The Morgan fingerprint density at radius 3 is 2.33 bits per heavy atom. The normalized spacial score (nSPS) is 10.6. The van der Waals surface area contributed by atoms with Crippen molar-refractivity contribution < 1.29 is 14.0 Å². The van der Waals surface area contributed by atoms with Gasteiger partial charge in [0.05, 0.1) is 31.5 Å². The molecular weight excluding hydrogens is 414 g/mol. The molecule has 2 heterocycles. The highest BCUT2D eigenvalue weighted by Gasteiger charge is 2.20. The van der Waals surface area contributed by atoms with Crippen molar-refractivity contribution in [2.45, 2.75) is 26.4 Å². The number of rotatable bonds is 8. The van der Waals surface area contributed by atoms with E-state index in [0.29, 0.717) is 13.1 Å². The van der Waals surface area contributed by atoms with Gasteiger partial charge in [-0.25, -0.2) is 0 Å². The molecule has 33 heavy (non-hydrogen) atoms. The van der Waals surface area contributed by atoms with E-state index in [4.69, 9.17) is 4.42 Å². The van der Waals surface area contributed by atoms with Crippen LogP contribution < -0.4 is 10.2 Å². The number of hydrogen-bond acceptors (Lipinski definition) is 4. The molecule has 2 amide bonds. The van der Waals surface area contributed by atoms with Gasteiger partial charge in [-0.1, -0.05) is 48.0 Å². The second kappa shape index (κ2) is 10.4. The average Bonchev–Trinajstić information content (AvgIpc) is 3.38. The fourth-order valence-corrected chi connectivity index (χ4v) is 3.42. The van der Waals surface area contributed by atoms with Crippen LogP contribution in [-0.4, -0.2) is 16.8 Å². The van der Waals surface area contributed by atoms with Crippen molar-refractivity contribution in [3.8, 4) is 0 Å². The summed E-state index contributed by atoms with van der Waals surface area (Å²) >= 11 is 0. The third kappa shape index (κ3) is 5.95. The van der Waals surface area contributed by atoms with Crippen LogP contribution in [0.3, 0.4) is 0 Å². The second-order valence-corrected chi connectivity index (χ2v) is 7.80. The minimum absolute atomic E-state index is 0.0865. The first-order valence-electron chi connectivity index (χ1n) is 10.7. The lowest BCUT2D eigenvalue weighted by Crippen LogP contribution is -2.30. The number of carbonyl (C=O) groups excluding carboxylic acids is 2. The molecular formula is C27H25N3O3. The fraction of sp³-hybridized carbons (Fsp3) is 0.148. The van der Waals surface area contributed by atoms with Crippen LogP contribution in [-0.2, 0) is 24.3 Å². The number of pyridine rings is 1. The molecule has 6 heteroatoms. The number of carbonyl (C=O) groups is 2. The summed E-state index contributed by atoms with van der Waals surface area (Å²) in [7, 11) is 0. The number of nitrogens with one attached hydrogen (secondary N) is 1. The first kappa shape index (κ1) is 22.0. The van der Waals surface area contributed by atoms with Gasteiger partial charge < -0.3 is 14.6 Å². The summed E-state index contributed by atoms with van der Waals surface area (Å²) in [5.41, 5.74) is 4.57. The molecule has 4 rings (SSSR count). The lowest BCUT2D eigenvalue weighted by molar-refractivity contribution is -0.120. The fourth-order valence-electron chi connectivity index (χ4n) is 3.42. The molecule has 0 unspecified atom stereocenters. The van der Waals surface area contributed by atoms with Gasteiger partial charge in [0.1, 0.15) is 0 Å². The molecule has 0 bridgehead atoms. The number of aromatic nitrogens is 1. The average molecular weight is 440 g/mol. The summed E-state index contributed by atoms with van der Waals surface area (Å²) in [6.45, 7) is 2.82. The van der Waals surface area contributed by atoms with Crippen LogP contribution in [0.15, 0.2) is 95.7 Å². The summed E-state index contributed by atoms with van der Waals surface area (Å²) < 4.78 is 5.35. The van der Waals surface area contributed by atoms with E-state index < -0.39 is 0 Å². The quantitative estimate of drug-likeness (QED) is 0.432. The van der Waals surface area contributed by atoms with Crippen LogP contribution in [0.1, 0.15) is 32.9 Å². The smallest absolute Gasteiger partial charge is 0.294 e. The number of aryl methyl sites for hydroxylation is 1. The topological polar surface area (TPSA) is 75.4 Å². The van der Waals surface area contributed by atoms with Crippen molar-refractivity contribution in [3.63, 3.8) is 0 Å². The molecule has 0 saturated heterocycles. The van der Waals surface area contributed by atoms with Gasteiger partial charge in [-0.05, 0) is 54.4 Å². The Labute approximate surface area is 192 Å². The molecule has 166 valence electrons. The minimum atomic E-state index is -0.221. The molecule has 2 aromatic carbocycles. The standard InChI is InChI=1S/C27H25N3O3/c1-20-7-9-22(10-8-20)19-30(27(32)25-6-4-16-33-25)24-13-11-21(12-14-24)17-26(31)29-18-23-5-2-3-15-28-23/h2-16H,17-19H2,1H3,(H,29,31). The van der Waals surface area contributed by atoms with Gasteiger partial charge in [-0.3, -0.25) is 14.6 Å². The van der Waals surface area contributed by atoms with E-state index in [9.17, 15) is 9.59 Å². The van der Waals surface area contributed by atoms with Crippen molar-refractivity contribution in [1.29, 1.82) is 0 Å². The Bertz CT molecular complexity index is 1190. The SMILES string of the molecule is Cc1ccc(CN(C(=O)c2ccco2)c2ccc(CC(=O)NCc3ccccn3)cc2)cc1. The maximum absolute atomic E-state index is 13.1. The third-order valence-corrected chi connectivity index (χ3v) is 5.24. The van der Waals surface area contributed by atoms with E-state index in [1.54, 1.807) is 23.2 Å². The monoisotopic (exact) mass is 439 g/mol. The molecule has 0 aliphatic rings. The highest BCUT2D eigenvalue weighted by molar-refractivity contribution is 6.04. The van der Waals surface area contributed by atoms with E-state index in [-0.39, 0.29) is 24.0 Å². The highest BCUT2D eigenvalue weighted by atomic mass is 16.3. The second-order valence-electron chi connectivity index (χ2n) is 7.80. The van der Waals surface area contributed by atoms with E-state index in [1.807, 2.05) is 73.7 Å². The lowest BCUT2D eigenvalue weighted by Gasteiger charge is -2.22. The summed E-state index contributed by atoms with van der Waals surface area (Å²) in [5.74, 6) is -0.0295. The first-order valence-corrected chi connectivity index (χ1v) is 10.7. The first-order chi connectivity index (χ1) is 16.1. The van der Waals surface area contributed by atoms with Crippen molar-refractivity contribution in [3.05, 3.63) is 119 Å². The summed E-state index contributed by atoms with van der Waals surface area (Å²) in [6.07, 6.45) is 3.44. The summed E-state index contributed by atoms with van der Waals surface area (Å²) in [6, 6.07) is 24.5. The number of furan rings is 1. The Morgan fingerprint density at radius 2 is 1.67 bits per heavy atom. The summed E-state index contributed by atoms with van der Waals surface area (Å²) in [5, 5.41) is 2.88. The molecule has 0 saturated carbocycles. The predicted molar refractivity (Wildman–Crippen MR) is 127 cm³/mol. The zero-order chi connectivity index (χ0) is 23.0. The molecule has 0 spiro atoms. The lowest BCUT2D eigenvalue weighted by atomic mass is 10.1. The van der Waals surface area contributed by atoms with Gasteiger partial charge in [0.25, 0.3) is 5.91 Å². The van der Waals surface area contributed by atoms with Gasteiger partial charge in [-0.15, -0.1) is 0 Å². The van der Waals surface area contributed by atoms with Gasteiger partial charge in [0, 0.05) is 11.9 Å². The van der Waals surface area contributed by atoms with Gasteiger partial charge in [0.2, 0.25) is 5.91 Å². The zero-order valence-electron chi connectivity index (χ0n) is 18.4. The van der Waals surface area contributed by atoms with Gasteiger partial charge in [-0.2, -0.15) is 0 Å². The Kier molecular flexibility index (Phi) is 6.95. The highest BCUT2D eigenvalue weighted by Crippen LogP contribution is 2.22. The molecule has 6 nitrogen and oxygen atoms in total. The number of anilines is 1. The van der Waals surface area contributed by atoms with Crippen LogP contribution in [0.25, 0.3) is 0 Å². The number of nitrogens with zero attached hydrogens (tertiary/aromatic N) is 2. The maximum atomic E-state index is 13.1. The van der Waals surface area contributed by atoms with Crippen LogP contribution in [0.4, 0.5) is 5.69 Å². The van der Waals surface area contributed by atoms with Crippen molar-refractivity contribution in [1.82, 2.24) is 10.3 Å². The van der Waals surface area contributed by atoms with Crippen molar-refractivity contribution in [2.75, 3.05) is 4.90 Å². The van der Waals surface area contributed by atoms with E-state index in [2.05, 4.69) is 10.3 Å². The van der Waals surface area contributed by atoms with Crippen molar-refractivity contribution in [2.24, 2.45) is 0 Å². The Balaban J connectivity index is 1.46. The third-order valence-electron chi connectivity index (χ3n) is 5.24.